The van der Waals surface area contributed by atoms with Crippen LogP contribution >= 0.6 is 0 Å². The van der Waals surface area contributed by atoms with Crippen molar-refractivity contribution in [1.82, 2.24) is 14.8 Å². The molecule has 0 spiro atoms. The van der Waals surface area contributed by atoms with Crippen LogP contribution in [0, 0.1) is 18.8 Å². The van der Waals surface area contributed by atoms with Crippen molar-refractivity contribution in [3.63, 3.8) is 0 Å². The normalized spacial score (nSPS) is 11.3. The fraction of sp³-hybridized carbons (Fsp3) is 0.500. The van der Waals surface area contributed by atoms with E-state index in [1.54, 1.807) is 0 Å². The Hall–Kier alpha value is -2.17. The minimum Gasteiger partial charge on any atom is -0.462 e. The molecule has 0 saturated carbocycles. The van der Waals surface area contributed by atoms with Gasteiger partial charge in [0.05, 0.1) is 6.61 Å². The molecule has 1 aromatic heterocycles. The second kappa shape index (κ2) is 7.40. The highest BCUT2D eigenvalue weighted by Crippen LogP contribution is 2.24. The first kappa shape index (κ1) is 17.2. The topological polar surface area (TPSA) is 57.0 Å². The van der Waals surface area contributed by atoms with Crippen LogP contribution in [0.1, 0.15) is 44.5 Å². The molecule has 0 amide bonds. The molecule has 0 aliphatic rings. The Bertz CT molecular complexity index is 675. The zero-order valence-electron chi connectivity index (χ0n) is 14.5. The molecule has 1 aromatic carbocycles. The van der Waals surface area contributed by atoms with Crippen molar-refractivity contribution < 1.29 is 9.53 Å². The molecule has 0 bridgehead atoms. The molecule has 0 radical (unpaired) electrons. The standard InChI is InChI=1S/C18H25N3O2/c1-12(2)10-16(22)21-17(15-9-7-6-8-14(15)5)19-18(20-21)23-11-13(3)4/h6-9,12-13H,10-11H2,1-5H3. The molecule has 0 unspecified atom stereocenters. The van der Waals surface area contributed by atoms with Gasteiger partial charge in [0.1, 0.15) is 0 Å². The van der Waals surface area contributed by atoms with Gasteiger partial charge in [-0.15, -0.1) is 5.10 Å². The van der Waals surface area contributed by atoms with E-state index in [0.717, 1.165) is 11.1 Å². The van der Waals surface area contributed by atoms with E-state index in [9.17, 15) is 4.79 Å². The lowest BCUT2D eigenvalue weighted by molar-refractivity contribution is 0.0870. The molecule has 0 fully saturated rings. The van der Waals surface area contributed by atoms with Gasteiger partial charge in [-0.2, -0.15) is 9.67 Å². The van der Waals surface area contributed by atoms with Crippen LogP contribution in [-0.4, -0.2) is 27.3 Å². The highest BCUT2D eigenvalue weighted by Gasteiger charge is 2.20. The summed E-state index contributed by atoms with van der Waals surface area (Å²) in [5, 5.41) is 4.29. The molecule has 23 heavy (non-hydrogen) atoms. The lowest BCUT2D eigenvalue weighted by atomic mass is 10.1. The maximum absolute atomic E-state index is 12.5. The maximum Gasteiger partial charge on any atom is 0.336 e. The van der Waals surface area contributed by atoms with Crippen LogP contribution in [0.15, 0.2) is 24.3 Å². The Morgan fingerprint density at radius 1 is 1.17 bits per heavy atom. The number of aryl methyl sites for hydroxylation is 1. The largest absolute Gasteiger partial charge is 0.462 e. The number of carbonyl (C=O) groups excluding carboxylic acids is 1. The summed E-state index contributed by atoms with van der Waals surface area (Å²) < 4.78 is 7.00. The fourth-order valence-corrected chi connectivity index (χ4v) is 2.20. The van der Waals surface area contributed by atoms with E-state index < -0.39 is 0 Å². The van der Waals surface area contributed by atoms with Crippen molar-refractivity contribution in [2.24, 2.45) is 11.8 Å². The molecule has 0 aliphatic heterocycles. The minimum atomic E-state index is -0.0647. The summed E-state index contributed by atoms with van der Waals surface area (Å²) in [4.78, 5) is 17.0. The number of hydrogen-bond donors (Lipinski definition) is 0. The van der Waals surface area contributed by atoms with Crippen LogP contribution in [-0.2, 0) is 0 Å². The predicted octanol–water partition coefficient (Wildman–Crippen LogP) is 3.97. The molecule has 0 atom stereocenters. The van der Waals surface area contributed by atoms with Gasteiger partial charge in [0.15, 0.2) is 5.82 Å². The van der Waals surface area contributed by atoms with Crippen LogP contribution in [0.25, 0.3) is 11.4 Å². The summed E-state index contributed by atoms with van der Waals surface area (Å²) in [7, 11) is 0. The molecule has 2 rings (SSSR count). The third-order valence-corrected chi connectivity index (χ3v) is 3.34. The van der Waals surface area contributed by atoms with Crippen molar-refractivity contribution in [2.45, 2.75) is 41.0 Å². The van der Waals surface area contributed by atoms with Crippen molar-refractivity contribution in [3.8, 4) is 17.4 Å². The first-order chi connectivity index (χ1) is 10.9. The number of aromatic nitrogens is 3. The van der Waals surface area contributed by atoms with E-state index in [1.165, 1.54) is 4.68 Å². The minimum absolute atomic E-state index is 0.0647. The average molecular weight is 315 g/mol. The number of benzene rings is 1. The van der Waals surface area contributed by atoms with Crippen molar-refractivity contribution in [1.29, 1.82) is 0 Å². The van der Waals surface area contributed by atoms with Gasteiger partial charge in [0.2, 0.25) is 5.91 Å². The number of nitrogens with zero attached hydrogens (tertiary/aromatic N) is 3. The van der Waals surface area contributed by atoms with E-state index in [2.05, 4.69) is 23.9 Å². The number of ether oxygens (including phenoxy) is 1. The first-order valence-corrected chi connectivity index (χ1v) is 8.07. The maximum atomic E-state index is 12.5. The molecule has 0 saturated heterocycles. The van der Waals surface area contributed by atoms with Gasteiger partial charge >= 0.3 is 6.01 Å². The van der Waals surface area contributed by atoms with E-state index in [0.29, 0.717) is 24.8 Å². The number of carbonyl (C=O) groups is 1. The predicted molar refractivity (Wildman–Crippen MR) is 90.6 cm³/mol. The second-order valence-corrected chi connectivity index (χ2v) is 6.64. The van der Waals surface area contributed by atoms with E-state index >= 15 is 0 Å². The summed E-state index contributed by atoms with van der Waals surface area (Å²) in [6.07, 6.45) is 0.422. The lowest BCUT2D eigenvalue weighted by Gasteiger charge is -2.08. The lowest BCUT2D eigenvalue weighted by Crippen LogP contribution is -2.16. The third-order valence-electron chi connectivity index (χ3n) is 3.34. The average Bonchev–Trinajstić information content (AvgIpc) is 2.89. The van der Waals surface area contributed by atoms with Crippen molar-refractivity contribution in [2.75, 3.05) is 6.61 Å². The molecule has 5 nitrogen and oxygen atoms in total. The van der Waals surface area contributed by atoms with Crippen molar-refractivity contribution >= 4 is 5.91 Å². The summed E-state index contributed by atoms with van der Waals surface area (Å²) >= 11 is 0. The Morgan fingerprint density at radius 3 is 2.48 bits per heavy atom. The van der Waals surface area contributed by atoms with Crippen LogP contribution in [0.4, 0.5) is 0 Å². The summed E-state index contributed by atoms with van der Waals surface area (Å²) in [5.74, 6) is 1.12. The zero-order chi connectivity index (χ0) is 17.0. The molecule has 0 aliphatic carbocycles. The number of hydrogen-bond acceptors (Lipinski definition) is 4. The molecule has 1 heterocycles. The summed E-state index contributed by atoms with van der Waals surface area (Å²) in [5.41, 5.74) is 1.95. The highest BCUT2D eigenvalue weighted by atomic mass is 16.5. The molecular weight excluding hydrogens is 290 g/mol. The van der Waals surface area contributed by atoms with Gasteiger partial charge in [-0.3, -0.25) is 4.79 Å². The van der Waals surface area contributed by atoms with Crippen LogP contribution < -0.4 is 4.74 Å². The Morgan fingerprint density at radius 2 is 1.87 bits per heavy atom. The SMILES string of the molecule is Cc1ccccc1-c1nc(OCC(C)C)nn1C(=O)CC(C)C. The van der Waals surface area contributed by atoms with E-state index in [4.69, 9.17) is 4.74 Å². The Kier molecular flexibility index (Phi) is 5.53. The van der Waals surface area contributed by atoms with Gasteiger partial charge in [0.25, 0.3) is 0 Å². The molecule has 0 N–H and O–H groups in total. The highest BCUT2D eigenvalue weighted by molar-refractivity contribution is 5.82. The van der Waals surface area contributed by atoms with E-state index in [-0.39, 0.29) is 17.8 Å². The number of rotatable bonds is 6. The third kappa shape index (κ3) is 4.41. The van der Waals surface area contributed by atoms with Crippen LogP contribution in [0.3, 0.4) is 0 Å². The molecular formula is C18H25N3O2. The van der Waals surface area contributed by atoms with Gasteiger partial charge < -0.3 is 4.74 Å². The first-order valence-electron chi connectivity index (χ1n) is 8.07. The van der Waals surface area contributed by atoms with E-state index in [1.807, 2.05) is 45.0 Å². The zero-order valence-corrected chi connectivity index (χ0v) is 14.5. The van der Waals surface area contributed by atoms with Gasteiger partial charge in [0, 0.05) is 12.0 Å². The molecule has 2 aromatic rings. The van der Waals surface area contributed by atoms with Gasteiger partial charge in [-0.25, -0.2) is 0 Å². The fourth-order valence-electron chi connectivity index (χ4n) is 2.20. The second-order valence-electron chi connectivity index (χ2n) is 6.64. The summed E-state index contributed by atoms with van der Waals surface area (Å²) in [6.45, 7) is 10.7. The van der Waals surface area contributed by atoms with Gasteiger partial charge in [-0.05, 0) is 24.3 Å². The quantitative estimate of drug-likeness (QED) is 0.809. The molecule has 124 valence electrons. The van der Waals surface area contributed by atoms with Crippen molar-refractivity contribution in [3.05, 3.63) is 29.8 Å². The van der Waals surface area contributed by atoms with Crippen LogP contribution in [0.2, 0.25) is 0 Å². The Labute approximate surface area is 137 Å². The van der Waals surface area contributed by atoms with Crippen LogP contribution in [0.5, 0.6) is 6.01 Å². The Balaban J connectivity index is 2.41. The van der Waals surface area contributed by atoms with Gasteiger partial charge in [-0.1, -0.05) is 52.0 Å². The monoisotopic (exact) mass is 315 g/mol. The molecule has 5 heteroatoms. The smallest absolute Gasteiger partial charge is 0.336 e. The summed E-state index contributed by atoms with van der Waals surface area (Å²) in [6, 6.07) is 8.10.